The van der Waals surface area contributed by atoms with Gasteiger partial charge in [-0.05, 0) is 24.1 Å². The molecule has 2 aliphatic rings. The van der Waals surface area contributed by atoms with Crippen molar-refractivity contribution in [3.63, 3.8) is 0 Å². The van der Waals surface area contributed by atoms with E-state index >= 15 is 0 Å². The molecule has 1 aliphatic heterocycles. The number of rotatable bonds is 2. The Bertz CT molecular complexity index is 771. The van der Waals surface area contributed by atoms with Gasteiger partial charge in [0.15, 0.2) is 5.78 Å². The van der Waals surface area contributed by atoms with Crippen molar-refractivity contribution in [2.45, 2.75) is 12.5 Å². The van der Waals surface area contributed by atoms with E-state index in [1.807, 2.05) is 36.4 Å². The van der Waals surface area contributed by atoms with Gasteiger partial charge in [0.05, 0.1) is 16.9 Å². The molecule has 3 atom stereocenters. The van der Waals surface area contributed by atoms with Gasteiger partial charge < -0.3 is 10.5 Å². The van der Waals surface area contributed by atoms with Crippen LogP contribution in [0.25, 0.3) is 0 Å². The molecule has 2 aromatic rings. The Kier molecular flexibility index (Phi) is 2.64. The number of Topliss-reactive ketones (excluding diaryl/α,β-unsaturated/α-hetero) is 1. The van der Waals surface area contributed by atoms with Gasteiger partial charge in [-0.1, -0.05) is 42.5 Å². The van der Waals surface area contributed by atoms with Crippen LogP contribution >= 0.6 is 0 Å². The van der Waals surface area contributed by atoms with Gasteiger partial charge in [0.25, 0.3) is 0 Å². The van der Waals surface area contributed by atoms with E-state index in [1.165, 1.54) is 0 Å². The molecule has 1 amide bonds. The molecule has 1 heterocycles. The van der Waals surface area contributed by atoms with E-state index in [1.54, 1.807) is 18.2 Å². The second-order valence-corrected chi connectivity index (χ2v) is 5.93. The van der Waals surface area contributed by atoms with E-state index in [4.69, 9.17) is 10.5 Å². The van der Waals surface area contributed by atoms with Crippen LogP contribution in [0.4, 0.5) is 0 Å². The molecule has 0 saturated heterocycles. The average Bonchev–Trinajstić information content (AvgIpc) is 3.29. The van der Waals surface area contributed by atoms with Crippen molar-refractivity contribution in [1.29, 1.82) is 0 Å². The number of carbonyl (C=O) groups is 2. The quantitative estimate of drug-likeness (QED) is 0.925. The molecule has 3 unspecified atom stereocenters. The molecule has 4 rings (SSSR count). The normalized spacial score (nSPS) is 28.8. The Hall–Kier alpha value is -2.62. The molecule has 4 heteroatoms. The van der Waals surface area contributed by atoms with E-state index in [-0.39, 0.29) is 5.78 Å². The fraction of sp³-hybridized carbons (Fsp3) is 0.222. The molecule has 0 radical (unpaired) electrons. The number of hydrogen-bond acceptors (Lipinski definition) is 3. The third-order valence-corrected chi connectivity index (χ3v) is 4.72. The molecular formula is C18H15NO3. The molecule has 1 saturated carbocycles. The lowest BCUT2D eigenvalue weighted by atomic mass is 9.81. The van der Waals surface area contributed by atoms with Gasteiger partial charge in [0.2, 0.25) is 5.91 Å². The van der Waals surface area contributed by atoms with Crippen molar-refractivity contribution in [3.8, 4) is 5.75 Å². The lowest BCUT2D eigenvalue weighted by Gasteiger charge is -2.33. The smallest absolute Gasteiger partial charge is 0.221 e. The van der Waals surface area contributed by atoms with Crippen molar-refractivity contribution in [2.24, 2.45) is 17.1 Å². The number of ether oxygens (including phenoxy) is 1. The highest BCUT2D eigenvalue weighted by Crippen LogP contribution is 2.65. The van der Waals surface area contributed by atoms with Crippen molar-refractivity contribution in [1.82, 2.24) is 0 Å². The average molecular weight is 293 g/mol. The summed E-state index contributed by atoms with van der Waals surface area (Å²) in [6.07, 6.45) is -0.0108. The van der Waals surface area contributed by atoms with Crippen LogP contribution in [0.1, 0.15) is 28.4 Å². The van der Waals surface area contributed by atoms with Crippen molar-refractivity contribution in [2.75, 3.05) is 0 Å². The first kappa shape index (κ1) is 13.1. The summed E-state index contributed by atoms with van der Waals surface area (Å²) in [4.78, 5) is 24.7. The maximum atomic E-state index is 13.0. The molecule has 22 heavy (non-hydrogen) atoms. The van der Waals surface area contributed by atoms with Gasteiger partial charge in [-0.15, -0.1) is 0 Å². The van der Waals surface area contributed by atoms with E-state index in [9.17, 15) is 9.59 Å². The molecule has 1 spiro atoms. The summed E-state index contributed by atoms with van der Waals surface area (Å²) >= 11 is 0. The summed E-state index contributed by atoms with van der Waals surface area (Å²) in [7, 11) is 0. The number of carbonyl (C=O) groups excluding carboxylic acids is 2. The second-order valence-electron chi connectivity index (χ2n) is 5.93. The highest BCUT2D eigenvalue weighted by atomic mass is 16.5. The maximum absolute atomic E-state index is 13.0. The standard InChI is InChI=1S/C18H15NO3/c19-17(21)13-10-18(13)15(20)12-8-4-5-9-14(12)22-16(18)11-6-2-1-3-7-11/h1-9,13,16H,10H2,(H2,19,21). The van der Waals surface area contributed by atoms with Gasteiger partial charge in [0, 0.05) is 0 Å². The monoisotopic (exact) mass is 293 g/mol. The fourth-order valence-electron chi connectivity index (χ4n) is 3.53. The van der Waals surface area contributed by atoms with E-state index < -0.39 is 23.3 Å². The first-order valence-electron chi connectivity index (χ1n) is 7.29. The minimum Gasteiger partial charge on any atom is -0.484 e. The van der Waals surface area contributed by atoms with E-state index in [0.29, 0.717) is 17.7 Å². The zero-order chi connectivity index (χ0) is 15.3. The minimum absolute atomic E-state index is 0.0352. The van der Waals surface area contributed by atoms with Gasteiger partial charge in [-0.2, -0.15) is 0 Å². The highest BCUT2D eigenvalue weighted by Gasteiger charge is 2.70. The maximum Gasteiger partial charge on any atom is 0.221 e. The van der Waals surface area contributed by atoms with Crippen molar-refractivity contribution in [3.05, 3.63) is 65.7 Å². The second kappa shape index (κ2) is 4.44. The Morgan fingerprint density at radius 2 is 1.77 bits per heavy atom. The van der Waals surface area contributed by atoms with Crippen LogP contribution in [0.5, 0.6) is 5.75 Å². The van der Waals surface area contributed by atoms with Crippen molar-refractivity contribution < 1.29 is 14.3 Å². The van der Waals surface area contributed by atoms with Gasteiger partial charge in [-0.25, -0.2) is 0 Å². The first-order valence-corrected chi connectivity index (χ1v) is 7.29. The van der Waals surface area contributed by atoms with Crippen LogP contribution < -0.4 is 10.5 Å². The van der Waals surface area contributed by atoms with Crippen LogP contribution in [0.15, 0.2) is 54.6 Å². The number of benzene rings is 2. The molecule has 1 aliphatic carbocycles. The van der Waals surface area contributed by atoms with E-state index in [0.717, 1.165) is 5.56 Å². The van der Waals surface area contributed by atoms with Crippen molar-refractivity contribution >= 4 is 11.7 Å². The van der Waals surface area contributed by atoms with Gasteiger partial charge >= 0.3 is 0 Å². The topological polar surface area (TPSA) is 69.4 Å². The largest absolute Gasteiger partial charge is 0.484 e. The van der Waals surface area contributed by atoms with Crippen LogP contribution in [0.2, 0.25) is 0 Å². The molecule has 4 nitrogen and oxygen atoms in total. The first-order chi connectivity index (χ1) is 10.6. The number of nitrogens with two attached hydrogens (primary N) is 1. The number of amides is 1. The lowest BCUT2D eigenvalue weighted by molar-refractivity contribution is -0.120. The van der Waals surface area contributed by atoms with Gasteiger partial charge in [0.1, 0.15) is 11.9 Å². The number of ketones is 1. The molecule has 110 valence electrons. The third kappa shape index (κ3) is 1.64. The molecule has 1 fully saturated rings. The predicted molar refractivity (Wildman–Crippen MR) is 80.3 cm³/mol. The molecule has 0 aromatic heterocycles. The zero-order valence-corrected chi connectivity index (χ0v) is 11.9. The van der Waals surface area contributed by atoms with Crippen LogP contribution in [0, 0.1) is 11.3 Å². The zero-order valence-electron chi connectivity index (χ0n) is 11.9. The Morgan fingerprint density at radius 3 is 2.45 bits per heavy atom. The van der Waals surface area contributed by atoms with E-state index in [2.05, 4.69) is 0 Å². The fourth-order valence-corrected chi connectivity index (χ4v) is 3.53. The Balaban J connectivity index is 1.87. The number of primary amides is 1. The summed E-state index contributed by atoms with van der Waals surface area (Å²) in [5.74, 6) is -0.357. The summed E-state index contributed by atoms with van der Waals surface area (Å²) in [5, 5.41) is 0. The molecule has 2 N–H and O–H groups in total. The molecule has 0 bridgehead atoms. The SMILES string of the molecule is NC(=O)C1CC12C(=O)c1ccccc1OC2c1ccccc1. The van der Waals surface area contributed by atoms with Crippen LogP contribution in [0.3, 0.4) is 0 Å². The predicted octanol–water partition coefficient (Wildman–Crippen LogP) is 2.49. The van der Waals surface area contributed by atoms with Crippen LogP contribution in [-0.4, -0.2) is 11.7 Å². The summed E-state index contributed by atoms with van der Waals surface area (Å²) in [5.41, 5.74) is 6.07. The molecule has 2 aromatic carbocycles. The minimum atomic E-state index is -0.846. The number of para-hydroxylation sites is 1. The summed E-state index contributed by atoms with van der Waals surface area (Å²) in [6.45, 7) is 0. The van der Waals surface area contributed by atoms with Crippen LogP contribution in [-0.2, 0) is 4.79 Å². The molecular weight excluding hydrogens is 278 g/mol. The third-order valence-electron chi connectivity index (χ3n) is 4.72. The Morgan fingerprint density at radius 1 is 1.09 bits per heavy atom. The number of hydrogen-bond donors (Lipinski definition) is 1. The number of fused-ring (bicyclic) bond motifs is 1. The summed E-state index contributed by atoms with van der Waals surface area (Å²) in [6, 6.07) is 16.7. The Labute approximate surface area is 127 Å². The summed E-state index contributed by atoms with van der Waals surface area (Å²) < 4.78 is 6.12. The lowest BCUT2D eigenvalue weighted by Crippen LogP contribution is -2.37. The highest BCUT2D eigenvalue weighted by molar-refractivity contribution is 6.09. The van der Waals surface area contributed by atoms with Gasteiger partial charge in [-0.3, -0.25) is 9.59 Å².